The van der Waals surface area contributed by atoms with E-state index in [1.54, 1.807) is 11.3 Å². The van der Waals surface area contributed by atoms with Gasteiger partial charge in [-0.2, -0.15) is 0 Å². The van der Waals surface area contributed by atoms with Gasteiger partial charge in [-0.25, -0.2) is 0 Å². The Balaban J connectivity index is 2.07. The van der Waals surface area contributed by atoms with Crippen LogP contribution in [-0.4, -0.2) is 29.9 Å². The van der Waals surface area contributed by atoms with Gasteiger partial charge in [-0.05, 0) is 43.2 Å². The van der Waals surface area contributed by atoms with Crippen molar-refractivity contribution in [2.24, 2.45) is 5.41 Å². The van der Waals surface area contributed by atoms with Crippen molar-refractivity contribution in [3.8, 4) is 0 Å². The highest BCUT2D eigenvalue weighted by Crippen LogP contribution is 2.31. The van der Waals surface area contributed by atoms with Crippen LogP contribution in [0.4, 0.5) is 0 Å². The highest BCUT2D eigenvalue weighted by atomic mass is 32.1. The molecule has 106 valence electrons. The SMILES string of the molecule is CCN(Cc1cccs1)C(=O)C1NCCCC1(C)C. The fourth-order valence-electron chi connectivity index (χ4n) is 2.75. The molecule has 1 aromatic heterocycles. The summed E-state index contributed by atoms with van der Waals surface area (Å²) in [5.41, 5.74) is 0.0538. The van der Waals surface area contributed by atoms with E-state index in [0.717, 1.165) is 32.5 Å². The fourth-order valence-corrected chi connectivity index (χ4v) is 3.47. The van der Waals surface area contributed by atoms with Crippen molar-refractivity contribution >= 4 is 17.2 Å². The third kappa shape index (κ3) is 3.37. The van der Waals surface area contributed by atoms with Crippen molar-refractivity contribution < 1.29 is 4.79 Å². The van der Waals surface area contributed by atoms with E-state index in [9.17, 15) is 4.79 Å². The molecule has 0 radical (unpaired) electrons. The Morgan fingerprint density at radius 1 is 1.58 bits per heavy atom. The number of carbonyl (C=O) groups excluding carboxylic acids is 1. The summed E-state index contributed by atoms with van der Waals surface area (Å²) in [5.74, 6) is 0.251. The molecule has 1 aliphatic heterocycles. The maximum absolute atomic E-state index is 12.7. The van der Waals surface area contributed by atoms with Crippen LogP contribution in [0.1, 0.15) is 38.5 Å². The van der Waals surface area contributed by atoms with E-state index in [4.69, 9.17) is 0 Å². The van der Waals surface area contributed by atoms with Gasteiger partial charge in [0.2, 0.25) is 5.91 Å². The van der Waals surface area contributed by atoms with Gasteiger partial charge in [-0.15, -0.1) is 11.3 Å². The number of thiophene rings is 1. The Kier molecular flexibility index (Phi) is 4.63. The van der Waals surface area contributed by atoms with Crippen LogP contribution in [0.25, 0.3) is 0 Å². The summed E-state index contributed by atoms with van der Waals surface area (Å²) >= 11 is 1.72. The van der Waals surface area contributed by atoms with Crippen LogP contribution >= 0.6 is 11.3 Å². The average molecular weight is 280 g/mol. The second-order valence-electron chi connectivity index (χ2n) is 5.91. The molecular weight excluding hydrogens is 256 g/mol. The first-order valence-corrected chi connectivity index (χ1v) is 7.97. The molecule has 3 nitrogen and oxygen atoms in total. The second-order valence-corrected chi connectivity index (χ2v) is 6.94. The average Bonchev–Trinajstić information content (AvgIpc) is 2.87. The molecule has 1 N–H and O–H groups in total. The molecule has 0 aliphatic carbocycles. The van der Waals surface area contributed by atoms with Gasteiger partial charge < -0.3 is 10.2 Å². The Morgan fingerprint density at radius 2 is 2.37 bits per heavy atom. The van der Waals surface area contributed by atoms with Crippen LogP contribution in [-0.2, 0) is 11.3 Å². The van der Waals surface area contributed by atoms with Gasteiger partial charge in [0.1, 0.15) is 0 Å². The number of likely N-dealkylation sites (N-methyl/N-ethyl adjacent to an activating group) is 1. The quantitative estimate of drug-likeness (QED) is 0.920. The van der Waals surface area contributed by atoms with Crippen molar-refractivity contribution in [1.82, 2.24) is 10.2 Å². The maximum Gasteiger partial charge on any atom is 0.240 e. The molecule has 2 rings (SSSR count). The Labute approximate surface area is 120 Å². The summed E-state index contributed by atoms with van der Waals surface area (Å²) in [6, 6.07) is 4.10. The highest BCUT2D eigenvalue weighted by Gasteiger charge is 2.38. The van der Waals surface area contributed by atoms with Gasteiger partial charge in [0.15, 0.2) is 0 Å². The second kappa shape index (κ2) is 6.06. The van der Waals surface area contributed by atoms with Gasteiger partial charge in [0.25, 0.3) is 0 Å². The van der Waals surface area contributed by atoms with Crippen molar-refractivity contribution in [2.75, 3.05) is 13.1 Å². The van der Waals surface area contributed by atoms with Crippen molar-refractivity contribution in [3.05, 3.63) is 22.4 Å². The fraction of sp³-hybridized carbons (Fsp3) is 0.667. The van der Waals surface area contributed by atoms with Crippen molar-refractivity contribution in [1.29, 1.82) is 0 Å². The predicted molar refractivity (Wildman–Crippen MR) is 80.2 cm³/mol. The van der Waals surface area contributed by atoms with E-state index in [0.29, 0.717) is 0 Å². The third-order valence-electron chi connectivity index (χ3n) is 3.99. The van der Waals surface area contributed by atoms with E-state index >= 15 is 0 Å². The lowest BCUT2D eigenvalue weighted by Crippen LogP contribution is -2.56. The van der Waals surface area contributed by atoms with E-state index in [1.807, 2.05) is 11.0 Å². The number of rotatable bonds is 4. The molecule has 19 heavy (non-hydrogen) atoms. The van der Waals surface area contributed by atoms with Crippen LogP contribution in [0.3, 0.4) is 0 Å². The number of hydrogen-bond donors (Lipinski definition) is 1. The first-order valence-electron chi connectivity index (χ1n) is 7.09. The van der Waals surface area contributed by atoms with Gasteiger partial charge in [-0.3, -0.25) is 4.79 Å². The molecule has 1 amide bonds. The molecule has 1 saturated heterocycles. The molecule has 1 aliphatic rings. The number of nitrogens with zero attached hydrogens (tertiary/aromatic N) is 1. The first-order chi connectivity index (χ1) is 9.04. The molecule has 1 aromatic rings. The van der Waals surface area contributed by atoms with Gasteiger partial charge >= 0.3 is 0 Å². The minimum absolute atomic E-state index is 0.0406. The van der Waals surface area contributed by atoms with Gasteiger partial charge in [0.05, 0.1) is 12.6 Å². The Bertz CT molecular complexity index is 414. The minimum Gasteiger partial charge on any atom is -0.336 e. The summed E-state index contributed by atoms with van der Waals surface area (Å²) in [6.45, 7) is 8.91. The predicted octanol–water partition coefficient (Wildman–Crippen LogP) is 2.87. The lowest BCUT2D eigenvalue weighted by Gasteiger charge is -2.40. The lowest BCUT2D eigenvalue weighted by molar-refractivity contribution is -0.137. The van der Waals surface area contributed by atoms with E-state index < -0.39 is 0 Å². The number of carbonyl (C=O) groups is 1. The van der Waals surface area contributed by atoms with Crippen molar-refractivity contribution in [3.63, 3.8) is 0 Å². The van der Waals surface area contributed by atoms with E-state index in [1.165, 1.54) is 4.88 Å². The minimum atomic E-state index is -0.0406. The molecule has 0 aromatic carbocycles. The van der Waals surface area contributed by atoms with Gasteiger partial charge in [-0.1, -0.05) is 19.9 Å². The smallest absolute Gasteiger partial charge is 0.240 e. The van der Waals surface area contributed by atoms with Gasteiger partial charge in [0, 0.05) is 11.4 Å². The molecular formula is C15H24N2OS. The highest BCUT2D eigenvalue weighted by molar-refractivity contribution is 7.09. The zero-order valence-corrected chi connectivity index (χ0v) is 12.9. The number of piperidine rings is 1. The van der Waals surface area contributed by atoms with Crippen LogP contribution in [0.2, 0.25) is 0 Å². The molecule has 0 saturated carbocycles. The normalized spacial score (nSPS) is 22.2. The Hall–Kier alpha value is -0.870. The molecule has 1 fully saturated rings. The molecule has 4 heteroatoms. The first kappa shape index (κ1) is 14.5. The monoisotopic (exact) mass is 280 g/mol. The Morgan fingerprint density at radius 3 is 2.95 bits per heavy atom. The molecule has 0 bridgehead atoms. The summed E-state index contributed by atoms with van der Waals surface area (Å²) in [4.78, 5) is 16.0. The lowest BCUT2D eigenvalue weighted by atomic mass is 9.77. The molecule has 0 spiro atoms. The topological polar surface area (TPSA) is 32.3 Å². The zero-order valence-electron chi connectivity index (χ0n) is 12.1. The van der Waals surface area contributed by atoms with Crippen LogP contribution in [0.5, 0.6) is 0 Å². The number of nitrogens with one attached hydrogen (secondary N) is 1. The summed E-state index contributed by atoms with van der Waals surface area (Å²) in [5, 5.41) is 5.48. The standard InChI is InChI=1S/C15H24N2OS/c1-4-17(11-12-7-5-10-19-12)14(18)13-15(2,3)8-6-9-16-13/h5,7,10,13,16H,4,6,8-9,11H2,1-3H3. The maximum atomic E-state index is 12.7. The van der Waals surface area contributed by atoms with Crippen LogP contribution in [0, 0.1) is 5.41 Å². The summed E-state index contributed by atoms with van der Waals surface area (Å²) < 4.78 is 0. The summed E-state index contributed by atoms with van der Waals surface area (Å²) in [6.07, 6.45) is 2.28. The molecule has 1 unspecified atom stereocenters. The van der Waals surface area contributed by atoms with E-state index in [2.05, 4.69) is 37.5 Å². The number of hydrogen-bond acceptors (Lipinski definition) is 3. The zero-order chi connectivity index (χ0) is 13.9. The van der Waals surface area contributed by atoms with E-state index in [-0.39, 0.29) is 17.4 Å². The molecule has 1 atom stereocenters. The van der Waals surface area contributed by atoms with Crippen molar-refractivity contribution in [2.45, 2.75) is 46.2 Å². The van der Waals surface area contributed by atoms with Crippen LogP contribution < -0.4 is 5.32 Å². The summed E-state index contributed by atoms with van der Waals surface area (Å²) in [7, 11) is 0. The largest absolute Gasteiger partial charge is 0.336 e. The number of amides is 1. The van der Waals surface area contributed by atoms with Crippen LogP contribution in [0.15, 0.2) is 17.5 Å². The molecule has 2 heterocycles. The third-order valence-corrected chi connectivity index (χ3v) is 4.86.